The van der Waals surface area contributed by atoms with Crippen molar-refractivity contribution >= 4 is 16.8 Å². The number of piperidine rings is 1. The summed E-state index contributed by atoms with van der Waals surface area (Å²) in [4.78, 5) is 15.7. The first-order chi connectivity index (χ1) is 11.8. The number of hydrogen-bond donors (Lipinski definition) is 3. The lowest BCUT2D eigenvalue weighted by Crippen LogP contribution is -2.45. The Kier molecular flexibility index (Phi) is 4.05. The van der Waals surface area contributed by atoms with Gasteiger partial charge in [-0.15, -0.1) is 0 Å². The number of fused-ring (bicyclic) bond motifs is 1. The van der Waals surface area contributed by atoms with Crippen molar-refractivity contribution in [3.8, 4) is 11.1 Å². The average Bonchev–Trinajstić information content (AvgIpc) is 3.07. The molecule has 3 N–H and O–H groups in total. The molecule has 122 valence electrons. The minimum Gasteiger partial charge on any atom is -0.351 e. The monoisotopic (exact) mass is 319 g/mol. The van der Waals surface area contributed by atoms with E-state index >= 15 is 0 Å². The van der Waals surface area contributed by atoms with Gasteiger partial charge >= 0.3 is 0 Å². The molecule has 2 aromatic carbocycles. The largest absolute Gasteiger partial charge is 0.351 e. The lowest BCUT2D eigenvalue weighted by atomic mass is 10.0. The molecule has 1 fully saturated rings. The topological polar surface area (TPSA) is 56.9 Å². The Labute approximate surface area is 141 Å². The normalized spacial score (nSPS) is 17.8. The van der Waals surface area contributed by atoms with E-state index in [1.54, 1.807) is 0 Å². The third kappa shape index (κ3) is 3.05. The highest BCUT2D eigenvalue weighted by atomic mass is 16.1. The quantitative estimate of drug-likeness (QED) is 0.693. The van der Waals surface area contributed by atoms with Gasteiger partial charge in [0.15, 0.2) is 0 Å². The number of nitrogens with one attached hydrogen (secondary N) is 3. The number of amides is 1. The standard InChI is InChI=1S/C20H21N3O/c24-20(22-17-7-4-10-21-13-17)19-12-16-9-8-15(11-18(16)23-19)14-5-2-1-3-6-14/h1-3,5-6,8-9,11-12,17,21,23H,4,7,10,13H2,(H,22,24). The number of benzene rings is 2. The van der Waals surface area contributed by atoms with Crippen molar-refractivity contribution in [2.24, 2.45) is 0 Å². The van der Waals surface area contributed by atoms with Crippen LogP contribution in [0.4, 0.5) is 0 Å². The van der Waals surface area contributed by atoms with E-state index in [0.717, 1.165) is 42.4 Å². The van der Waals surface area contributed by atoms with Crippen molar-refractivity contribution in [3.05, 3.63) is 60.3 Å². The first-order valence-electron chi connectivity index (χ1n) is 8.49. The van der Waals surface area contributed by atoms with Crippen molar-refractivity contribution in [1.29, 1.82) is 0 Å². The number of rotatable bonds is 3. The molecular weight excluding hydrogens is 298 g/mol. The van der Waals surface area contributed by atoms with Crippen LogP contribution < -0.4 is 10.6 Å². The Morgan fingerprint density at radius 1 is 1.04 bits per heavy atom. The maximum Gasteiger partial charge on any atom is 0.267 e. The zero-order valence-corrected chi connectivity index (χ0v) is 13.5. The van der Waals surface area contributed by atoms with E-state index in [4.69, 9.17) is 0 Å². The second-order valence-corrected chi connectivity index (χ2v) is 6.37. The molecule has 1 aliphatic rings. The summed E-state index contributed by atoms with van der Waals surface area (Å²) in [5.74, 6) is -0.0267. The Balaban J connectivity index is 1.57. The van der Waals surface area contributed by atoms with Crippen LogP contribution in [0.25, 0.3) is 22.0 Å². The Morgan fingerprint density at radius 2 is 1.92 bits per heavy atom. The third-order valence-electron chi connectivity index (χ3n) is 4.61. The van der Waals surface area contributed by atoms with Crippen molar-refractivity contribution in [3.63, 3.8) is 0 Å². The molecule has 2 heterocycles. The molecule has 0 saturated carbocycles. The first kappa shape index (κ1) is 15.0. The summed E-state index contributed by atoms with van der Waals surface area (Å²) in [5, 5.41) is 7.49. The van der Waals surface area contributed by atoms with Crippen LogP contribution in [0.2, 0.25) is 0 Å². The number of hydrogen-bond acceptors (Lipinski definition) is 2. The van der Waals surface area contributed by atoms with Crippen LogP contribution in [-0.2, 0) is 0 Å². The van der Waals surface area contributed by atoms with E-state index in [1.807, 2.05) is 24.3 Å². The summed E-state index contributed by atoms with van der Waals surface area (Å²) in [6, 6.07) is 18.7. The SMILES string of the molecule is O=C(NC1CCCNC1)c1cc2ccc(-c3ccccc3)cc2[nH]1. The summed E-state index contributed by atoms with van der Waals surface area (Å²) in [5.41, 5.74) is 3.94. The molecule has 1 aliphatic heterocycles. The molecule has 0 bridgehead atoms. The van der Waals surface area contributed by atoms with E-state index in [-0.39, 0.29) is 11.9 Å². The minimum atomic E-state index is -0.0267. The predicted molar refractivity (Wildman–Crippen MR) is 97.1 cm³/mol. The molecular formula is C20H21N3O. The molecule has 1 atom stereocenters. The smallest absolute Gasteiger partial charge is 0.267 e. The highest BCUT2D eigenvalue weighted by molar-refractivity contribution is 5.99. The van der Waals surface area contributed by atoms with Crippen molar-refractivity contribution < 1.29 is 4.79 Å². The van der Waals surface area contributed by atoms with Gasteiger partial charge in [0, 0.05) is 23.5 Å². The summed E-state index contributed by atoms with van der Waals surface area (Å²) in [6.45, 7) is 1.89. The average molecular weight is 319 g/mol. The van der Waals surface area contributed by atoms with Crippen molar-refractivity contribution in [2.75, 3.05) is 13.1 Å². The van der Waals surface area contributed by atoms with Gasteiger partial charge in [0.25, 0.3) is 5.91 Å². The van der Waals surface area contributed by atoms with Crippen LogP contribution >= 0.6 is 0 Å². The molecule has 4 rings (SSSR count). The maximum absolute atomic E-state index is 12.5. The van der Waals surface area contributed by atoms with E-state index in [2.05, 4.69) is 45.9 Å². The van der Waals surface area contributed by atoms with E-state index in [0.29, 0.717) is 5.69 Å². The fraction of sp³-hybridized carbons (Fsp3) is 0.250. The van der Waals surface area contributed by atoms with Gasteiger partial charge in [-0.3, -0.25) is 4.79 Å². The zero-order chi connectivity index (χ0) is 16.4. The zero-order valence-electron chi connectivity index (χ0n) is 13.5. The van der Waals surface area contributed by atoms with E-state index < -0.39 is 0 Å². The van der Waals surface area contributed by atoms with Crippen LogP contribution in [0.5, 0.6) is 0 Å². The van der Waals surface area contributed by atoms with Crippen LogP contribution in [-0.4, -0.2) is 30.0 Å². The van der Waals surface area contributed by atoms with Crippen LogP contribution in [0.1, 0.15) is 23.3 Å². The van der Waals surface area contributed by atoms with Crippen LogP contribution in [0.15, 0.2) is 54.6 Å². The number of carbonyl (C=O) groups excluding carboxylic acids is 1. The molecule has 1 saturated heterocycles. The Morgan fingerprint density at radius 3 is 2.71 bits per heavy atom. The van der Waals surface area contributed by atoms with E-state index in [1.165, 1.54) is 5.56 Å². The number of H-pyrrole nitrogens is 1. The second-order valence-electron chi connectivity index (χ2n) is 6.37. The van der Waals surface area contributed by atoms with Gasteiger partial charge in [-0.1, -0.05) is 42.5 Å². The second kappa shape index (κ2) is 6.49. The van der Waals surface area contributed by atoms with Crippen LogP contribution in [0.3, 0.4) is 0 Å². The molecule has 0 spiro atoms. The third-order valence-corrected chi connectivity index (χ3v) is 4.61. The minimum absolute atomic E-state index is 0.0267. The molecule has 1 amide bonds. The highest BCUT2D eigenvalue weighted by Gasteiger charge is 2.17. The maximum atomic E-state index is 12.5. The van der Waals surface area contributed by atoms with Gasteiger partial charge in [0.05, 0.1) is 0 Å². The van der Waals surface area contributed by atoms with Crippen molar-refractivity contribution in [1.82, 2.24) is 15.6 Å². The summed E-state index contributed by atoms with van der Waals surface area (Å²) >= 11 is 0. The molecule has 1 aromatic heterocycles. The Hall–Kier alpha value is -2.59. The van der Waals surface area contributed by atoms with Gasteiger partial charge in [0.1, 0.15) is 5.69 Å². The number of aromatic nitrogens is 1. The van der Waals surface area contributed by atoms with Gasteiger partial charge < -0.3 is 15.6 Å². The molecule has 4 heteroatoms. The van der Waals surface area contributed by atoms with Gasteiger partial charge in [-0.25, -0.2) is 0 Å². The Bertz CT molecular complexity index is 848. The fourth-order valence-electron chi connectivity index (χ4n) is 3.30. The summed E-state index contributed by atoms with van der Waals surface area (Å²) < 4.78 is 0. The molecule has 4 nitrogen and oxygen atoms in total. The van der Waals surface area contributed by atoms with Crippen LogP contribution in [0, 0.1) is 0 Å². The molecule has 3 aromatic rings. The number of carbonyl (C=O) groups is 1. The predicted octanol–water partition coefficient (Wildman–Crippen LogP) is 3.32. The highest BCUT2D eigenvalue weighted by Crippen LogP contribution is 2.24. The lowest BCUT2D eigenvalue weighted by molar-refractivity contribution is 0.0926. The molecule has 1 unspecified atom stereocenters. The summed E-state index contributed by atoms with van der Waals surface area (Å²) in [6.07, 6.45) is 2.15. The number of aromatic amines is 1. The summed E-state index contributed by atoms with van der Waals surface area (Å²) in [7, 11) is 0. The van der Waals surface area contributed by atoms with Gasteiger partial charge in [-0.05, 0) is 42.6 Å². The molecule has 0 aliphatic carbocycles. The fourth-order valence-corrected chi connectivity index (χ4v) is 3.30. The lowest BCUT2D eigenvalue weighted by Gasteiger charge is -2.23. The van der Waals surface area contributed by atoms with Gasteiger partial charge in [0.2, 0.25) is 0 Å². The molecule has 0 radical (unpaired) electrons. The first-order valence-corrected chi connectivity index (χ1v) is 8.49. The van der Waals surface area contributed by atoms with Gasteiger partial charge in [-0.2, -0.15) is 0 Å². The molecule has 24 heavy (non-hydrogen) atoms. The van der Waals surface area contributed by atoms with Crippen molar-refractivity contribution in [2.45, 2.75) is 18.9 Å². The van der Waals surface area contributed by atoms with E-state index in [9.17, 15) is 4.79 Å².